The van der Waals surface area contributed by atoms with Gasteiger partial charge in [-0.3, -0.25) is 4.79 Å². The van der Waals surface area contributed by atoms with Crippen molar-refractivity contribution < 1.29 is 9.21 Å². The number of furan rings is 1. The van der Waals surface area contributed by atoms with Crippen LogP contribution in [0, 0.1) is 13.8 Å². The third-order valence-electron chi connectivity index (χ3n) is 2.47. The quantitative estimate of drug-likeness (QED) is 0.800. The van der Waals surface area contributed by atoms with Crippen LogP contribution in [-0.2, 0) is 0 Å². The number of nitrogens with two attached hydrogens (primary N) is 1. The Kier molecular flexibility index (Phi) is 4.55. The second kappa shape index (κ2) is 5.70. The Bertz CT molecular complexity index is 358. The Morgan fingerprint density at radius 1 is 1.56 bits per heavy atom. The van der Waals surface area contributed by atoms with Gasteiger partial charge < -0.3 is 15.5 Å². The van der Waals surface area contributed by atoms with Crippen molar-refractivity contribution in [1.82, 2.24) is 5.32 Å². The summed E-state index contributed by atoms with van der Waals surface area (Å²) in [6, 6.07) is 1.78. The van der Waals surface area contributed by atoms with E-state index in [-0.39, 0.29) is 11.9 Å². The van der Waals surface area contributed by atoms with Gasteiger partial charge in [-0.25, -0.2) is 0 Å². The highest BCUT2D eigenvalue weighted by atomic mass is 16.3. The Hall–Kier alpha value is -1.29. The summed E-state index contributed by atoms with van der Waals surface area (Å²) < 4.78 is 5.30. The smallest absolute Gasteiger partial charge is 0.254 e. The maximum atomic E-state index is 11.8. The van der Waals surface area contributed by atoms with E-state index in [4.69, 9.17) is 10.2 Å². The normalized spacial score (nSPS) is 12.5. The Morgan fingerprint density at radius 2 is 2.25 bits per heavy atom. The van der Waals surface area contributed by atoms with Crippen molar-refractivity contribution in [3.63, 3.8) is 0 Å². The van der Waals surface area contributed by atoms with Crippen LogP contribution in [0.4, 0.5) is 0 Å². The lowest BCUT2D eigenvalue weighted by atomic mass is 10.1. The number of carbonyl (C=O) groups excluding carboxylic acids is 1. The standard InChI is InChI=1S/C12H20N2O2/c1-4-5-10(13)7-14-12(15)11-6-8(2)16-9(11)3/h6,10H,4-5,7,13H2,1-3H3,(H,14,15). The zero-order valence-corrected chi connectivity index (χ0v) is 10.2. The van der Waals surface area contributed by atoms with Crippen LogP contribution in [0.2, 0.25) is 0 Å². The molecule has 0 bridgehead atoms. The van der Waals surface area contributed by atoms with E-state index < -0.39 is 0 Å². The summed E-state index contributed by atoms with van der Waals surface area (Å²) in [4.78, 5) is 11.8. The molecule has 0 aromatic carbocycles. The van der Waals surface area contributed by atoms with E-state index in [1.165, 1.54) is 0 Å². The highest BCUT2D eigenvalue weighted by molar-refractivity contribution is 5.95. The SMILES string of the molecule is CCCC(N)CNC(=O)c1cc(C)oc1C. The highest BCUT2D eigenvalue weighted by Gasteiger charge is 2.13. The van der Waals surface area contributed by atoms with Gasteiger partial charge in [-0.15, -0.1) is 0 Å². The fourth-order valence-electron chi connectivity index (χ4n) is 1.65. The molecule has 1 aromatic heterocycles. The van der Waals surface area contributed by atoms with Gasteiger partial charge in [0.15, 0.2) is 0 Å². The molecule has 1 heterocycles. The number of carbonyl (C=O) groups is 1. The number of nitrogens with one attached hydrogen (secondary N) is 1. The lowest BCUT2D eigenvalue weighted by Crippen LogP contribution is -2.37. The fraction of sp³-hybridized carbons (Fsp3) is 0.583. The van der Waals surface area contributed by atoms with Crippen molar-refractivity contribution in [3.8, 4) is 0 Å². The van der Waals surface area contributed by atoms with E-state index in [0.717, 1.165) is 18.6 Å². The van der Waals surface area contributed by atoms with Crippen LogP contribution in [-0.4, -0.2) is 18.5 Å². The summed E-state index contributed by atoms with van der Waals surface area (Å²) in [5.41, 5.74) is 6.41. The van der Waals surface area contributed by atoms with Gasteiger partial charge in [0.2, 0.25) is 0 Å². The van der Waals surface area contributed by atoms with E-state index in [9.17, 15) is 4.79 Å². The van der Waals surface area contributed by atoms with Crippen molar-refractivity contribution >= 4 is 5.91 Å². The third kappa shape index (κ3) is 3.38. The molecule has 0 fully saturated rings. The van der Waals surface area contributed by atoms with Crippen LogP contribution in [0.3, 0.4) is 0 Å². The van der Waals surface area contributed by atoms with Gasteiger partial charge in [0.05, 0.1) is 5.56 Å². The number of amides is 1. The predicted octanol–water partition coefficient (Wildman–Crippen LogP) is 1.75. The minimum Gasteiger partial charge on any atom is -0.466 e. The minimum absolute atomic E-state index is 0.0299. The van der Waals surface area contributed by atoms with Gasteiger partial charge in [-0.2, -0.15) is 0 Å². The van der Waals surface area contributed by atoms with Crippen molar-refractivity contribution in [3.05, 3.63) is 23.2 Å². The first-order valence-electron chi connectivity index (χ1n) is 5.65. The van der Waals surface area contributed by atoms with Crippen LogP contribution < -0.4 is 11.1 Å². The molecule has 0 spiro atoms. The summed E-state index contributed by atoms with van der Waals surface area (Å²) in [6.07, 6.45) is 1.95. The first-order valence-corrected chi connectivity index (χ1v) is 5.65. The van der Waals surface area contributed by atoms with E-state index >= 15 is 0 Å². The summed E-state index contributed by atoms with van der Waals surface area (Å²) in [5.74, 6) is 1.29. The summed E-state index contributed by atoms with van der Waals surface area (Å²) in [7, 11) is 0. The molecule has 90 valence electrons. The molecule has 0 saturated heterocycles. The van der Waals surface area contributed by atoms with Crippen LogP contribution in [0.5, 0.6) is 0 Å². The largest absolute Gasteiger partial charge is 0.466 e. The van der Waals surface area contributed by atoms with Crippen molar-refractivity contribution in [2.45, 2.75) is 39.7 Å². The Labute approximate surface area is 96.2 Å². The Balaban J connectivity index is 2.50. The summed E-state index contributed by atoms with van der Waals surface area (Å²) in [5, 5.41) is 2.81. The monoisotopic (exact) mass is 224 g/mol. The maximum Gasteiger partial charge on any atom is 0.254 e. The number of hydrogen-bond acceptors (Lipinski definition) is 3. The molecular formula is C12H20N2O2. The number of hydrogen-bond donors (Lipinski definition) is 2. The van der Waals surface area contributed by atoms with Crippen molar-refractivity contribution in [2.24, 2.45) is 5.73 Å². The fourth-order valence-corrected chi connectivity index (χ4v) is 1.65. The first kappa shape index (κ1) is 12.8. The molecule has 4 nitrogen and oxygen atoms in total. The van der Waals surface area contributed by atoms with Crippen molar-refractivity contribution in [1.29, 1.82) is 0 Å². The molecule has 1 atom stereocenters. The third-order valence-corrected chi connectivity index (χ3v) is 2.47. The molecule has 4 heteroatoms. The van der Waals surface area contributed by atoms with Crippen LogP contribution in [0.1, 0.15) is 41.6 Å². The average molecular weight is 224 g/mol. The highest BCUT2D eigenvalue weighted by Crippen LogP contribution is 2.13. The summed E-state index contributed by atoms with van der Waals surface area (Å²) >= 11 is 0. The van der Waals surface area contributed by atoms with E-state index in [0.29, 0.717) is 17.9 Å². The van der Waals surface area contributed by atoms with Gasteiger partial charge in [0.25, 0.3) is 5.91 Å². The maximum absolute atomic E-state index is 11.8. The topological polar surface area (TPSA) is 68.3 Å². The number of rotatable bonds is 5. The van der Waals surface area contributed by atoms with Gasteiger partial charge in [0.1, 0.15) is 11.5 Å². The van der Waals surface area contributed by atoms with Crippen LogP contribution in [0.15, 0.2) is 10.5 Å². The van der Waals surface area contributed by atoms with Gasteiger partial charge >= 0.3 is 0 Å². The lowest BCUT2D eigenvalue weighted by Gasteiger charge is -2.10. The molecule has 0 aliphatic rings. The molecule has 1 amide bonds. The average Bonchev–Trinajstić information content (AvgIpc) is 2.55. The second-order valence-corrected chi connectivity index (χ2v) is 4.09. The number of aryl methyl sites for hydroxylation is 2. The van der Waals surface area contributed by atoms with Gasteiger partial charge in [-0.05, 0) is 26.3 Å². The second-order valence-electron chi connectivity index (χ2n) is 4.09. The molecular weight excluding hydrogens is 204 g/mol. The zero-order chi connectivity index (χ0) is 12.1. The molecule has 1 unspecified atom stereocenters. The molecule has 0 saturated carbocycles. The molecule has 0 radical (unpaired) electrons. The van der Waals surface area contributed by atoms with Gasteiger partial charge in [0, 0.05) is 12.6 Å². The lowest BCUT2D eigenvalue weighted by molar-refractivity contribution is 0.0949. The Morgan fingerprint density at radius 3 is 2.75 bits per heavy atom. The van der Waals surface area contributed by atoms with Gasteiger partial charge in [-0.1, -0.05) is 13.3 Å². The zero-order valence-electron chi connectivity index (χ0n) is 10.2. The minimum atomic E-state index is -0.110. The van der Waals surface area contributed by atoms with Crippen LogP contribution >= 0.6 is 0 Å². The molecule has 16 heavy (non-hydrogen) atoms. The van der Waals surface area contributed by atoms with Crippen LogP contribution in [0.25, 0.3) is 0 Å². The molecule has 0 aliphatic heterocycles. The summed E-state index contributed by atoms with van der Waals surface area (Å²) in [6.45, 7) is 6.20. The first-order chi connectivity index (χ1) is 7.54. The van der Waals surface area contributed by atoms with E-state index in [2.05, 4.69) is 12.2 Å². The molecule has 1 aromatic rings. The van der Waals surface area contributed by atoms with Crippen molar-refractivity contribution in [2.75, 3.05) is 6.54 Å². The molecule has 1 rings (SSSR count). The van der Waals surface area contributed by atoms with E-state index in [1.54, 1.807) is 13.0 Å². The predicted molar refractivity (Wildman–Crippen MR) is 63.4 cm³/mol. The molecule has 0 aliphatic carbocycles. The van der Waals surface area contributed by atoms with E-state index in [1.807, 2.05) is 6.92 Å². The molecule has 3 N–H and O–H groups in total.